The molecule has 1 heterocycles. The zero-order chi connectivity index (χ0) is 12.3. The number of hydrogen-bond donors (Lipinski definition) is 1. The first-order valence-corrected chi connectivity index (χ1v) is 5.04. The predicted molar refractivity (Wildman–Crippen MR) is 64.3 cm³/mol. The van der Waals surface area contributed by atoms with Gasteiger partial charge in [-0.3, -0.25) is 0 Å². The smallest absolute Gasteiger partial charge is 0.339 e. The van der Waals surface area contributed by atoms with Gasteiger partial charge in [0.15, 0.2) is 0 Å². The maximum absolute atomic E-state index is 11.0. The largest absolute Gasteiger partial charge is 0.478 e. The van der Waals surface area contributed by atoms with Crippen LogP contribution in [0.15, 0.2) is 24.4 Å². The second kappa shape index (κ2) is 4.99. The minimum absolute atomic E-state index is 0.0938. The molecule has 16 heavy (non-hydrogen) atoms. The highest BCUT2D eigenvalue weighted by molar-refractivity contribution is 6.30. The van der Waals surface area contributed by atoms with Crippen molar-refractivity contribution >= 4 is 23.4 Å². The fourth-order valence-corrected chi connectivity index (χ4v) is 1.53. The van der Waals surface area contributed by atoms with E-state index in [4.69, 9.17) is 16.7 Å². The van der Waals surface area contributed by atoms with E-state index in [1.165, 1.54) is 12.3 Å². The third-order valence-electron chi connectivity index (χ3n) is 1.93. The van der Waals surface area contributed by atoms with Gasteiger partial charge in [-0.2, -0.15) is 0 Å². The molecule has 0 unspecified atom stereocenters. The van der Waals surface area contributed by atoms with Gasteiger partial charge in [0.05, 0.1) is 5.02 Å². The molecule has 0 aliphatic carbocycles. The van der Waals surface area contributed by atoms with Crippen molar-refractivity contribution in [2.75, 3.05) is 18.5 Å². The summed E-state index contributed by atoms with van der Waals surface area (Å²) in [5.74, 6) is -0.654. The van der Waals surface area contributed by atoms with Crippen LogP contribution in [0.5, 0.6) is 0 Å². The molecular formula is C11H13ClN2O2. The number of rotatable bonds is 4. The minimum atomic E-state index is -1.04. The summed E-state index contributed by atoms with van der Waals surface area (Å²) < 4.78 is 0. The first kappa shape index (κ1) is 12.5. The van der Waals surface area contributed by atoms with E-state index in [9.17, 15) is 4.79 Å². The molecule has 0 bridgehead atoms. The van der Waals surface area contributed by atoms with Crippen LogP contribution in [0.25, 0.3) is 0 Å². The van der Waals surface area contributed by atoms with E-state index < -0.39 is 5.97 Å². The van der Waals surface area contributed by atoms with E-state index in [1.54, 1.807) is 11.9 Å². The second-order valence-electron chi connectivity index (χ2n) is 3.64. The first-order valence-electron chi connectivity index (χ1n) is 4.66. The fourth-order valence-electron chi connectivity index (χ4n) is 1.37. The highest BCUT2D eigenvalue weighted by Crippen LogP contribution is 2.20. The Morgan fingerprint density at radius 3 is 2.81 bits per heavy atom. The SMILES string of the molecule is C=C(C)CN(C)c1ncc(Cl)cc1C(=O)O. The molecule has 0 saturated heterocycles. The average molecular weight is 241 g/mol. The number of carbonyl (C=O) groups is 1. The highest BCUT2D eigenvalue weighted by atomic mass is 35.5. The summed E-state index contributed by atoms with van der Waals surface area (Å²) in [6.45, 7) is 6.19. The lowest BCUT2D eigenvalue weighted by Crippen LogP contribution is -2.22. The van der Waals surface area contributed by atoms with Crippen molar-refractivity contribution in [3.63, 3.8) is 0 Å². The van der Waals surface area contributed by atoms with Crippen LogP contribution in [0.2, 0.25) is 5.02 Å². The summed E-state index contributed by atoms with van der Waals surface area (Å²) in [7, 11) is 1.76. The number of aromatic nitrogens is 1. The van der Waals surface area contributed by atoms with Crippen LogP contribution in [-0.2, 0) is 0 Å². The summed E-state index contributed by atoms with van der Waals surface area (Å²) in [5.41, 5.74) is 1.02. The third kappa shape index (κ3) is 2.97. The number of anilines is 1. The van der Waals surface area contributed by atoms with Gasteiger partial charge in [-0.15, -0.1) is 0 Å². The second-order valence-corrected chi connectivity index (χ2v) is 4.08. The van der Waals surface area contributed by atoms with E-state index in [2.05, 4.69) is 11.6 Å². The van der Waals surface area contributed by atoms with Crippen LogP contribution in [0.4, 0.5) is 5.82 Å². The molecule has 1 rings (SSSR count). The van der Waals surface area contributed by atoms with Crippen LogP contribution in [0.1, 0.15) is 17.3 Å². The van der Waals surface area contributed by atoms with Crippen molar-refractivity contribution in [1.82, 2.24) is 4.98 Å². The number of hydrogen-bond acceptors (Lipinski definition) is 3. The number of carboxylic acids is 1. The van der Waals surface area contributed by atoms with Crippen molar-refractivity contribution in [3.05, 3.63) is 35.0 Å². The van der Waals surface area contributed by atoms with E-state index in [1.807, 2.05) is 6.92 Å². The predicted octanol–water partition coefficient (Wildman–Crippen LogP) is 2.45. The van der Waals surface area contributed by atoms with Crippen LogP contribution >= 0.6 is 11.6 Å². The highest BCUT2D eigenvalue weighted by Gasteiger charge is 2.15. The maximum Gasteiger partial charge on any atom is 0.339 e. The number of likely N-dealkylation sites (N-methyl/N-ethyl adjacent to an activating group) is 1. The van der Waals surface area contributed by atoms with Crippen molar-refractivity contribution in [2.24, 2.45) is 0 Å². The molecule has 0 amide bonds. The lowest BCUT2D eigenvalue weighted by molar-refractivity contribution is 0.0697. The monoisotopic (exact) mass is 240 g/mol. The molecule has 0 saturated carbocycles. The van der Waals surface area contributed by atoms with E-state index >= 15 is 0 Å². The molecule has 0 radical (unpaired) electrons. The lowest BCUT2D eigenvalue weighted by Gasteiger charge is -2.19. The molecule has 1 N–H and O–H groups in total. The van der Waals surface area contributed by atoms with Crippen LogP contribution in [0, 0.1) is 0 Å². The van der Waals surface area contributed by atoms with E-state index in [0.717, 1.165) is 5.57 Å². The standard InChI is InChI=1S/C11H13ClN2O2/c1-7(2)6-14(3)10-9(11(15)16)4-8(12)5-13-10/h4-5H,1,6H2,2-3H3,(H,15,16). The van der Waals surface area contributed by atoms with Crippen molar-refractivity contribution in [1.29, 1.82) is 0 Å². The summed E-state index contributed by atoms with van der Waals surface area (Å²) >= 11 is 5.71. The molecule has 4 nitrogen and oxygen atoms in total. The van der Waals surface area contributed by atoms with Crippen molar-refractivity contribution in [3.8, 4) is 0 Å². The van der Waals surface area contributed by atoms with Crippen LogP contribution in [-0.4, -0.2) is 29.7 Å². The number of pyridine rings is 1. The summed E-state index contributed by atoms with van der Waals surface area (Å²) in [6.07, 6.45) is 1.43. The molecule has 1 aromatic heterocycles. The number of halogens is 1. The molecule has 0 fully saturated rings. The van der Waals surface area contributed by atoms with Gasteiger partial charge in [0, 0.05) is 19.8 Å². The number of nitrogens with zero attached hydrogens (tertiary/aromatic N) is 2. The Labute approximate surface area is 99.2 Å². The quantitative estimate of drug-likeness (QED) is 0.822. The number of carboxylic acid groups (broad SMARTS) is 1. The molecule has 0 spiro atoms. The van der Waals surface area contributed by atoms with Gasteiger partial charge in [-0.25, -0.2) is 9.78 Å². The molecule has 0 aromatic carbocycles. The molecule has 0 atom stereocenters. The Morgan fingerprint density at radius 2 is 2.31 bits per heavy atom. The lowest BCUT2D eigenvalue weighted by atomic mass is 10.2. The maximum atomic E-state index is 11.0. The molecule has 0 aliphatic heterocycles. The molecular weight excluding hydrogens is 228 g/mol. The number of aromatic carboxylic acids is 1. The van der Waals surface area contributed by atoms with Crippen LogP contribution in [0.3, 0.4) is 0 Å². The zero-order valence-corrected chi connectivity index (χ0v) is 9.95. The third-order valence-corrected chi connectivity index (χ3v) is 2.14. The van der Waals surface area contributed by atoms with Crippen LogP contribution < -0.4 is 4.90 Å². The van der Waals surface area contributed by atoms with Gasteiger partial charge in [-0.1, -0.05) is 23.8 Å². The van der Waals surface area contributed by atoms with Gasteiger partial charge in [0.1, 0.15) is 11.4 Å². The summed E-state index contributed by atoms with van der Waals surface area (Å²) in [4.78, 5) is 16.8. The Balaban J connectivity index is 3.12. The minimum Gasteiger partial charge on any atom is -0.478 e. The van der Waals surface area contributed by atoms with Gasteiger partial charge in [-0.05, 0) is 13.0 Å². The molecule has 0 aliphatic rings. The van der Waals surface area contributed by atoms with Gasteiger partial charge >= 0.3 is 5.97 Å². The van der Waals surface area contributed by atoms with Gasteiger partial charge in [0.2, 0.25) is 0 Å². The fraction of sp³-hybridized carbons (Fsp3) is 0.273. The average Bonchev–Trinajstić information content (AvgIpc) is 2.16. The Morgan fingerprint density at radius 1 is 1.69 bits per heavy atom. The normalized spacial score (nSPS) is 9.94. The first-order chi connectivity index (χ1) is 7.41. The van der Waals surface area contributed by atoms with E-state index in [0.29, 0.717) is 17.4 Å². The molecule has 5 heteroatoms. The zero-order valence-electron chi connectivity index (χ0n) is 9.20. The topological polar surface area (TPSA) is 53.4 Å². The van der Waals surface area contributed by atoms with Gasteiger partial charge in [0.25, 0.3) is 0 Å². The van der Waals surface area contributed by atoms with E-state index in [-0.39, 0.29) is 5.56 Å². The Bertz CT molecular complexity index is 432. The molecule has 1 aromatic rings. The van der Waals surface area contributed by atoms with Crippen molar-refractivity contribution in [2.45, 2.75) is 6.92 Å². The molecule has 86 valence electrons. The Hall–Kier alpha value is -1.55. The summed E-state index contributed by atoms with van der Waals surface area (Å²) in [6, 6.07) is 1.39. The summed E-state index contributed by atoms with van der Waals surface area (Å²) in [5, 5.41) is 9.34. The van der Waals surface area contributed by atoms with Crippen molar-refractivity contribution < 1.29 is 9.90 Å². The Kier molecular flexibility index (Phi) is 3.90. The van der Waals surface area contributed by atoms with Gasteiger partial charge < -0.3 is 10.0 Å².